The Kier molecular flexibility index (Phi) is 6.19. The summed E-state index contributed by atoms with van der Waals surface area (Å²) in [6.07, 6.45) is 6.21. The number of aromatic nitrogens is 2. The number of amides is 1. The van der Waals surface area contributed by atoms with Gasteiger partial charge in [-0.15, -0.1) is 0 Å². The number of hydrogen-bond acceptors (Lipinski definition) is 6. The van der Waals surface area contributed by atoms with Crippen molar-refractivity contribution in [2.75, 3.05) is 11.9 Å². The Morgan fingerprint density at radius 1 is 1.56 bits per heavy atom. The smallest absolute Gasteiger partial charge is 0.311 e. The number of carbonyl (C=O) groups excluding carboxylic acids is 1. The Labute approximate surface area is 150 Å². The molecule has 0 aromatic carbocycles. The van der Waals surface area contributed by atoms with Gasteiger partial charge in [0, 0.05) is 18.2 Å². The van der Waals surface area contributed by atoms with Gasteiger partial charge in [0.15, 0.2) is 0 Å². The molecule has 1 fully saturated rings. The second kappa shape index (κ2) is 8.15. The molecule has 25 heavy (non-hydrogen) atoms. The monoisotopic (exact) mass is 368 g/mol. The standard InChI is InChI=1S/C16H21ClN4O4/c1-2-25-7-4-10-9-19-15(17)21-13(10)20-11(8-12(18)22)16(14(23)24)5-3-6-16/h4,7,9,11H,2-3,5-6,8H2,1H3,(H2,18,22)(H,23,24)(H,19,20,21). The van der Waals surface area contributed by atoms with Gasteiger partial charge in [0.05, 0.1) is 24.3 Å². The summed E-state index contributed by atoms with van der Waals surface area (Å²) >= 11 is 5.87. The van der Waals surface area contributed by atoms with Gasteiger partial charge in [-0.3, -0.25) is 9.59 Å². The third kappa shape index (κ3) is 4.39. The van der Waals surface area contributed by atoms with Crippen LogP contribution in [0.5, 0.6) is 0 Å². The Morgan fingerprint density at radius 2 is 2.28 bits per heavy atom. The molecule has 136 valence electrons. The molecule has 1 aliphatic carbocycles. The van der Waals surface area contributed by atoms with Gasteiger partial charge < -0.3 is 20.9 Å². The number of ether oxygens (including phenoxy) is 1. The van der Waals surface area contributed by atoms with E-state index in [1.54, 1.807) is 6.08 Å². The summed E-state index contributed by atoms with van der Waals surface area (Å²) in [6.45, 7) is 2.35. The predicted octanol–water partition coefficient (Wildman–Crippen LogP) is 2.05. The van der Waals surface area contributed by atoms with Gasteiger partial charge >= 0.3 is 5.97 Å². The molecule has 4 N–H and O–H groups in total. The van der Waals surface area contributed by atoms with Crippen molar-refractivity contribution < 1.29 is 19.4 Å². The molecular weight excluding hydrogens is 348 g/mol. The fourth-order valence-corrected chi connectivity index (χ4v) is 2.98. The molecule has 1 amide bonds. The van der Waals surface area contributed by atoms with Crippen molar-refractivity contribution in [2.24, 2.45) is 11.1 Å². The lowest BCUT2D eigenvalue weighted by Crippen LogP contribution is -2.52. The van der Waals surface area contributed by atoms with Gasteiger partial charge in [0.25, 0.3) is 0 Å². The van der Waals surface area contributed by atoms with Gasteiger partial charge in [-0.2, -0.15) is 0 Å². The molecule has 1 aromatic heterocycles. The summed E-state index contributed by atoms with van der Waals surface area (Å²) in [5, 5.41) is 12.7. The zero-order chi connectivity index (χ0) is 18.4. The van der Waals surface area contributed by atoms with E-state index < -0.39 is 23.3 Å². The van der Waals surface area contributed by atoms with E-state index >= 15 is 0 Å². The fourth-order valence-electron chi connectivity index (χ4n) is 2.84. The van der Waals surface area contributed by atoms with Gasteiger partial charge in [-0.05, 0) is 37.4 Å². The van der Waals surface area contributed by atoms with E-state index in [4.69, 9.17) is 22.1 Å². The van der Waals surface area contributed by atoms with E-state index in [1.807, 2.05) is 6.92 Å². The van der Waals surface area contributed by atoms with Crippen molar-refractivity contribution in [2.45, 2.75) is 38.6 Å². The normalized spacial score (nSPS) is 16.9. The van der Waals surface area contributed by atoms with Crippen LogP contribution in [0.2, 0.25) is 5.28 Å². The van der Waals surface area contributed by atoms with Gasteiger partial charge in [0.2, 0.25) is 11.2 Å². The summed E-state index contributed by atoms with van der Waals surface area (Å²) in [6, 6.07) is -0.693. The minimum atomic E-state index is -1.05. The molecule has 2 rings (SSSR count). The lowest BCUT2D eigenvalue weighted by Gasteiger charge is -2.44. The molecule has 0 radical (unpaired) electrons. The maximum Gasteiger partial charge on any atom is 0.311 e. The number of carbonyl (C=O) groups is 2. The number of nitrogens with zero attached hydrogens (tertiary/aromatic N) is 2. The largest absolute Gasteiger partial charge is 0.501 e. The van der Waals surface area contributed by atoms with Crippen molar-refractivity contribution in [3.8, 4) is 0 Å². The van der Waals surface area contributed by atoms with Crippen LogP contribution >= 0.6 is 11.6 Å². The molecule has 0 saturated heterocycles. The van der Waals surface area contributed by atoms with Crippen LogP contribution in [0.25, 0.3) is 6.08 Å². The topological polar surface area (TPSA) is 127 Å². The lowest BCUT2D eigenvalue weighted by molar-refractivity contribution is -0.156. The second-order valence-electron chi connectivity index (χ2n) is 5.88. The number of halogens is 1. The second-order valence-corrected chi connectivity index (χ2v) is 6.22. The average Bonchev–Trinajstić information content (AvgIpc) is 2.47. The molecular formula is C16H21ClN4O4. The van der Waals surface area contributed by atoms with Crippen molar-refractivity contribution in [3.05, 3.63) is 23.3 Å². The maximum absolute atomic E-state index is 11.8. The molecule has 1 aliphatic rings. The quantitative estimate of drug-likeness (QED) is 0.449. The number of anilines is 1. The molecule has 1 saturated carbocycles. The molecule has 8 nitrogen and oxygen atoms in total. The number of primary amides is 1. The molecule has 0 aliphatic heterocycles. The first-order chi connectivity index (χ1) is 11.9. The summed E-state index contributed by atoms with van der Waals surface area (Å²) in [7, 11) is 0. The summed E-state index contributed by atoms with van der Waals surface area (Å²) in [5.74, 6) is -1.21. The fraction of sp³-hybridized carbons (Fsp3) is 0.500. The number of hydrogen-bond donors (Lipinski definition) is 3. The predicted molar refractivity (Wildman–Crippen MR) is 92.8 cm³/mol. The average molecular weight is 369 g/mol. The molecule has 1 heterocycles. The molecule has 9 heteroatoms. The highest BCUT2D eigenvalue weighted by Gasteiger charge is 2.51. The number of carboxylic acid groups (broad SMARTS) is 1. The van der Waals surface area contributed by atoms with Crippen LogP contribution in [0.4, 0.5) is 5.82 Å². The third-order valence-electron chi connectivity index (χ3n) is 4.35. The maximum atomic E-state index is 11.8. The van der Waals surface area contributed by atoms with E-state index in [2.05, 4.69) is 15.3 Å². The molecule has 0 spiro atoms. The van der Waals surface area contributed by atoms with Crippen molar-refractivity contribution in [1.29, 1.82) is 0 Å². The number of carboxylic acids is 1. The van der Waals surface area contributed by atoms with Crippen LogP contribution in [0.15, 0.2) is 12.5 Å². The van der Waals surface area contributed by atoms with Crippen LogP contribution in [-0.4, -0.2) is 39.6 Å². The number of aliphatic carboxylic acids is 1. The van der Waals surface area contributed by atoms with Crippen LogP contribution < -0.4 is 11.1 Å². The van der Waals surface area contributed by atoms with Crippen molar-refractivity contribution in [3.63, 3.8) is 0 Å². The zero-order valence-electron chi connectivity index (χ0n) is 13.9. The number of nitrogens with two attached hydrogens (primary N) is 1. The minimum absolute atomic E-state index is 0.00636. The van der Waals surface area contributed by atoms with E-state index in [1.165, 1.54) is 12.5 Å². The van der Waals surface area contributed by atoms with Crippen LogP contribution in [-0.2, 0) is 14.3 Å². The zero-order valence-corrected chi connectivity index (χ0v) is 14.6. The lowest BCUT2D eigenvalue weighted by atomic mass is 9.63. The molecule has 1 unspecified atom stereocenters. The van der Waals surface area contributed by atoms with Gasteiger partial charge in [-0.1, -0.05) is 6.42 Å². The van der Waals surface area contributed by atoms with E-state index in [9.17, 15) is 14.7 Å². The summed E-state index contributed by atoms with van der Waals surface area (Å²) in [5.41, 5.74) is 4.84. The first-order valence-electron chi connectivity index (χ1n) is 7.98. The molecule has 0 bridgehead atoms. The van der Waals surface area contributed by atoms with Crippen molar-refractivity contribution in [1.82, 2.24) is 9.97 Å². The Hall–Kier alpha value is -2.35. The number of rotatable bonds is 9. The van der Waals surface area contributed by atoms with E-state index in [-0.39, 0.29) is 11.7 Å². The highest BCUT2D eigenvalue weighted by atomic mass is 35.5. The Morgan fingerprint density at radius 3 is 2.80 bits per heavy atom. The van der Waals surface area contributed by atoms with Gasteiger partial charge in [-0.25, -0.2) is 9.97 Å². The molecule has 1 atom stereocenters. The van der Waals surface area contributed by atoms with Gasteiger partial charge in [0.1, 0.15) is 5.82 Å². The third-order valence-corrected chi connectivity index (χ3v) is 4.54. The van der Waals surface area contributed by atoms with E-state index in [0.29, 0.717) is 30.8 Å². The van der Waals surface area contributed by atoms with E-state index in [0.717, 1.165) is 6.42 Å². The molecule has 1 aromatic rings. The SMILES string of the molecule is CCOC=Cc1cnc(Cl)nc1NC(CC(N)=O)C1(C(=O)O)CCC1. The highest BCUT2D eigenvalue weighted by molar-refractivity contribution is 6.28. The Bertz CT molecular complexity index is 676. The van der Waals surface area contributed by atoms with Crippen LogP contribution in [0.1, 0.15) is 38.2 Å². The first kappa shape index (κ1) is 19.0. The Balaban J connectivity index is 2.33. The summed E-state index contributed by atoms with van der Waals surface area (Å²) < 4.78 is 5.16. The highest BCUT2D eigenvalue weighted by Crippen LogP contribution is 2.46. The number of nitrogens with one attached hydrogen (secondary N) is 1. The van der Waals surface area contributed by atoms with Crippen LogP contribution in [0, 0.1) is 5.41 Å². The van der Waals surface area contributed by atoms with Crippen LogP contribution in [0.3, 0.4) is 0 Å². The minimum Gasteiger partial charge on any atom is -0.501 e. The summed E-state index contributed by atoms with van der Waals surface area (Å²) in [4.78, 5) is 31.3. The first-order valence-corrected chi connectivity index (χ1v) is 8.35. The van der Waals surface area contributed by atoms with Crippen molar-refractivity contribution >= 4 is 35.4 Å².